The maximum Gasteiger partial charge on any atom is 0.213 e. The van der Waals surface area contributed by atoms with Crippen LogP contribution in [0, 0.1) is 5.92 Å². The first kappa shape index (κ1) is 13.6. The van der Waals surface area contributed by atoms with Crippen LogP contribution in [-0.4, -0.2) is 41.4 Å². The second-order valence-electron chi connectivity index (χ2n) is 5.90. The second-order valence-corrected chi connectivity index (χ2v) is 5.90. The van der Waals surface area contributed by atoms with Gasteiger partial charge in [-0.25, -0.2) is 4.98 Å². The number of piperidine rings is 1. The molecular formula is C16H22N2O2. The molecule has 2 fully saturated rings. The van der Waals surface area contributed by atoms with Crippen molar-refractivity contribution in [2.24, 2.45) is 5.92 Å². The van der Waals surface area contributed by atoms with E-state index in [1.807, 2.05) is 13.0 Å². The summed E-state index contributed by atoms with van der Waals surface area (Å²) >= 11 is 0. The van der Waals surface area contributed by atoms with E-state index >= 15 is 0 Å². The van der Waals surface area contributed by atoms with Gasteiger partial charge in [-0.05, 0) is 45.7 Å². The number of carbonyl (C=O) groups is 1. The molecule has 4 heteroatoms. The molecule has 4 nitrogen and oxygen atoms in total. The van der Waals surface area contributed by atoms with E-state index in [1.165, 1.54) is 12.8 Å². The molecule has 2 aliphatic heterocycles. The molecule has 0 saturated carbocycles. The highest BCUT2D eigenvalue weighted by molar-refractivity contribution is 5.97. The number of hydrogen-bond donors (Lipinski definition) is 0. The van der Waals surface area contributed by atoms with Gasteiger partial charge in [0.1, 0.15) is 0 Å². The number of Topliss-reactive ketones (excluding diaryl/α,β-unsaturated/α-hetero) is 1. The quantitative estimate of drug-likeness (QED) is 0.791. The normalized spacial score (nSPS) is 29.4. The van der Waals surface area contributed by atoms with E-state index in [1.54, 1.807) is 12.3 Å². The van der Waals surface area contributed by atoms with Crippen LogP contribution in [0.1, 0.15) is 43.0 Å². The molecule has 108 valence electrons. The lowest BCUT2D eigenvalue weighted by Crippen LogP contribution is -2.42. The van der Waals surface area contributed by atoms with Crippen molar-refractivity contribution in [2.45, 2.75) is 44.7 Å². The van der Waals surface area contributed by atoms with Crippen LogP contribution < -0.4 is 4.74 Å². The van der Waals surface area contributed by atoms with Gasteiger partial charge < -0.3 is 9.64 Å². The fraction of sp³-hybridized carbons (Fsp3) is 0.625. The zero-order chi connectivity index (χ0) is 14.1. The molecule has 0 aromatic carbocycles. The highest BCUT2D eigenvalue weighted by Crippen LogP contribution is 2.38. The molecule has 2 unspecified atom stereocenters. The third-order valence-electron chi connectivity index (χ3n) is 4.78. The molecule has 0 spiro atoms. The van der Waals surface area contributed by atoms with Crippen LogP contribution >= 0.6 is 0 Å². The van der Waals surface area contributed by atoms with Gasteiger partial charge >= 0.3 is 0 Å². The van der Waals surface area contributed by atoms with Gasteiger partial charge in [0.05, 0.1) is 6.61 Å². The van der Waals surface area contributed by atoms with Gasteiger partial charge in [-0.3, -0.25) is 4.79 Å². The van der Waals surface area contributed by atoms with Crippen molar-refractivity contribution in [2.75, 3.05) is 13.7 Å². The van der Waals surface area contributed by atoms with Crippen molar-refractivity contribution in [1.29, 1.82) is 0 Å². The van der Waals surface area contributed by atoms with Gasteiger partial charge in [0.15, 0.2) is 5.78 Å². The fourth-order valence-electron chi connectivity index (χ4n) is 3.62. The molecule has 3 rings (SSSR count). The SMILES string of the molecule is CCOc1ccc(C(=O)C2CC3CCC(C2)N3C)cn1. The van der Waals surface area contributed by atoms with E-state index in [0.717, 1.165) is 18.4 Å². The second kappa shape index (κ2) is 5.52. The van der Waals surface area contributed by atoms with E-state index in [0.29, 0.717) is 24.6 Å². The Hall–Kier alpha value is -1.42. The lowest BCUT2D eigenvalue weighted by atomic mass is 9.85. The number of ketones is 1. The molecule has 20 heavy (non-hydrogen) atoms. The number of carbonyl (C=O) groups excluding carboxylic acids is 1. The third kappa shape index (κ3) is 2.44. The average Bonchev–Trinajstić information content (AvgIpc) is 2.68. The van der Waals surface area contributed by atoms with Crippen LogP contribution in [0.2, 0.25) is 0 Å². The van der Waals surface area contributed by atoms with Crippen molar-refractivity contribution >= 4 is 5.78 Å². The summed E-state index contributed by atoms with van der Waals surface area (Å²) in [6.07, 6.45) is 6.14. The number of rotatable bonds is 4. The van der Waals surface area contributed by atoms with Crippen LogP contribution in [0.4, 0.5) is 0 Å². The first-order valence-electron chi connectivity index (χ1n) is 7.54. The lowest BCUT2D eigenvalue weighted by molar-refractivity contribution is 0.0766. The Labute approximate surface area is 120 Å². The van der Waals surface area contributed by atoms with Crippen molar-refractivity contribution in [3.63, 3.8) is 0 Å². The van der Waals surface area contributed by atoms with Gasteiger partial charge in [0.25, 0.3) is 0 Å². The molecule has 2 bridgehead atoms. The lowest BCUT2D eigenvalue weighted by Gasteiger charge is -2.35. The van der Waals surface area contributed by atoms with Crippen LogP contribution in [0.3, 0.4) is 0 Å². The van der Waals surface area contributed by atoms with E-state index in [4.69, 9.17) is 4.74 Å². The summed E-state index contributed by atoms with van der Waals surface area (Å²) in [5.41, 5.74) is 0.724. The smallest absolute Gasteiger partial charge is 0.213 e. The molecule has 0 N–H and O–H groups in total. The predicted octanol–water partition coefficient (Wildman–Crippen LogP) is 2.54. The third-order valence-corrected chi connectivity index (χ3v) is 4.78. The van der Waals surface area contributed by atoms with E-state index < -0.39 is 0 Å². The molecule has 0 radical (unpaired) electrons. The predicted molar refractivity (Wildman–Crippen MR) is 77.0 cm³/mol. The summed E-state index contributed by atoms with van der Waals surface area (Å²) < 4.78 is 5.32. The number of pyridine rings is 1. The number of fused-ring (bicyclic) bond motifs is 2. The Morgan fingerprint density at radius 3 is 2.60 bits per heavy atom. The molecule has 1 aromatic rings. The molecule has 1 aromatic heterocycles. The Balaban J connectivity index is 1.70. The zero-order valence-corrected chi connectivity index (χ0v) is 12.2. The number of ether oxygens (including phenoxy) is 1. The Kier molecular flexibility index (Phi) is 3.74. The van der Waals surface area contributed by atoms with Gasteiger partial charge in [-0.1, -0.05) is 0 Å². The van der Waals surface area contributed by atoms with Crippen LogP contribution in [0.5, 0.6) is 5.88 Å². The number of hydrogen-bond acceptors (Lipinski definition) is 4. The van der Waals surface area contributed by atoms with E-state index in [-0.39, 0.29) is 11.7 Å². The zero-order valence-electron chi connectivity index (χ0n) is 12.2. The van der Waals surface area contributed by atoms with Gasteiger partial charge in [-0.2, -0.15) is 0 Å². The minimum atomic E-state index is 0.170. The number of aromatic nitrogens is 1. The molecule has 2 aliphatic rings. The first-order valence-corrected chi connectivity index (χ1v) is 7.54. The molecule has 0 aliphatic carbocycles. The summed E-state index contributed by atoms with van der Waals surface area (Å²) in [5, 5.41) is 0. The molecule has 0 amide bonds. The van der Waals surface area contributed by atoms with Crippen LogP contribution in [0.15, 0.2) is 18.3 Å². The Morgan fingerprint density at radius 1 is 1.35 bits per heavy atom. The summed E-state index contributed by atoms with van der Waals surface area (Å²) in [7, 11) is 2.20. The van der Waals surface area contributed by atoms with E-state index in [2.05, 4.69) is 16.9 Å². The van der Waals surface area contributed by atoms with Crippen molar-refractivity contribution in [1.82, 2.24) is 9.88 Å². The maximum absolute atomic E-state index is 12.6. The van der Waals surface area contributed by atoms with Gasteiger partial charge in [0, 0.05) is 35.8 Å². The highest BCUT2D eigenvalue weighted by Gasteiger charge is 2.40. The van der Waals surface area contributed by atoms with Gasteiger partial charge in [-0.15, -0.1) is 0 Å². The highest BCUT2D eigenvalue weighted by atomic mass is 16.5. The molecular weight excluding hydrogens is 252 g/mol. The monoisotopic (exact) mass is 274 g/mol. The van der Waals surface area contributed by atoms with Crippen LogP contribution in [0.25, 0.3) is 0 Å². The first-order chi connectivity index (χ1) is 9.69. The summed E-state index contributed by atoms with van der Waals surface area (Å²) in [6, 6.07) is 4.83. The van der Waals surface area contributed by atoms with Crippen molar-refractivity contribution < 1.29 is 9.53 Å². The number of nitrogens with zero attached hydrogens (tertiary/aromatic N) is 2. The molecule has 2 atom stereocenters. The summed E-state index contributed by atoms with van der Waals surface area (Å²) in [4.78, 5) is 19.3. The standard InChI is InChI=1S/C16H22N2O2/c1-3-20-15-7-4-11(10-17-15)16(19)12-8-13-5-6-14(9-12)18(13)2/h4,7,10,12-14H,3,5-6,8-9H2,1-2H3. The largest absolute Gasteiger partial charge is 0.478 e. The van der Waals surface area contributed by atoms with Gasteiger partial charge in [0.2, 0.25) is 5.88 Å². The minimum absolute atomic E-state index is 0.170. The summed E-state index contributed by atoms with van der Waals surface area (Å²) in [5.74, 6) is 1.02. The van der Waals surface area contributed by atoms with Crippen LogP contribution in [-0.2, 0) is 0 Å². The Bertz CT molecular complexity index is 472. The average molecular weight is 274 g/mol. The topological polar surface area (TPSA) is 42.4 Å². The minimum Gasteiger partial charge on any atom is -0.478 e. The molecule has 2 saturated heterocycles. The summed E-state index contributed by atoms with van der Waals surface area (Å²) in [6.45, 7) is 2.52. The van der Waals surface area contributed by atoms with E-state index in [9.17, 15) is 4.79 Å². The molecule has 3 heterocycles. The maximum atomic E-state index is 12.6. The Morgan fingerprint density at radius 2 is 2.05 bits per heavy atom. The van der Waals surface area contributed by atoms with Crippen molar-refractivity contribution in [3.05, 3.63) is 23.9 Å². The van der Waals surface area contributed by atoms with Crippen molar-refractivity contribution in [3.8, 4) is 5.88 Å². The fourth-order valence-corrected chi connectivity index (χ4v) is 3.62.